The molecule has 0 aromatic carbocycles. The minimum Gasteiger partial charge on any atom is -0.507 e. The number of hydrogen-bond donors (Lipinski definition) is 4. The third-order valence-electron chi connectivity index (χ3n) is 1.62. The van der Waals surface area contributed by atoms with Gasteiger partial charge in [-0.05, 0) is 12.2 Å². The Labute approximate surface area is 72.6 Å². The Kier molecular flexibility index (Phi) is 1.94. The van der Waals surface area contributed by atoms with Crippen molar-refractivity contribution in [2.45, 2.75) is 5.72 Å². The fourth-order valence-corrected chi connectivity index (χ4v) is 0.860. The third-order valence-corrected chi connectivity index (χ3v) is 1.62. The number of carbonyl (C=O) groups is 2. The van der Waals surface area contributed by atoms with E-state index in [9.17, 15) is 9.59 Å². The highest BCUT2D eigenvalue weighted by molar-refractivity contribution is 6.05. The fraction of sp³-hybridized carbons (Fsp3) is 0.143. The van der Waals surface area contributed by atoms with Gasteiger partial charge in [-0.2, -0.15) is 0 Å². The van der Waals surface area contributed by atoms with E-state index >= 15 is 0 Å². The van der Waals surface area contributed by atoms with Gasteiger partial charge in [-0.1, -0.05) is 0 Å². The summed E-state index contributed by atoms with van der Waals surface area (Å²) in [6.45, 7) is 0. The maximum Gasteiger partial charge on any atom is 0.339 e. The smallest absolute Gasteiger partial charge is 0.339 e. The van der Waals surface area contributed by atoms with E-state index in [0.717, 1.165) is 12.2 Å². The lowest BCUT2D eigenvalue weighted by atomic mass is 9.96. The average molecular weight is 185 g/mol. The molecule has 70 valence electrons. The highest BCUT2D eigenvalue weighted by Crippen LogP contribution is 2.20. The van der Waals surface area contributed by atoms with Gasteiger partial charge in [0.15, 0.2) is 5.76 Å². The van der Waals surface area contributed by atoms with E-state index in [0.29, 0.717) is 0 Å². The second kappa shape index (κ2) is 2.68. The molecule has 0 fully saturated rings. The van der Waals surface area contributed by atoms with Crippen LogP contribution in [0.25, 0.3) is 0 Å². The van der Waals surface area contributed by atoms with Crippen LogP contribution in [0.2, 0.25) is 0 Å². The molecule has 0 radical (unpaired) electrons. The van der Waals surface area contributed by atoms with E-state index in [4.69, 9.17) is 21.1 Å². The number of hydrogen-bond acceptors (Lipinski definition) is 5. The van der Waals surface area contributed by atoms with Crippen LogP contribution < -0.4 is 5.73 Å². The van der Waals surface area contributed by atoms with E-state index in [2.05, 4.69) is 0 Å². The Hall–Kier alpha value is -1.66. The lowest BCUT2D eigenvalue weighted by Gasteiger charge is -2.22. The molecule has 0 aliphatic heterocycles. The number of carbonyl (C=O) groups excluding carboxylic acids is 1. The summed E-state index contributed by atoms with van der Waals surface area (Å²) in [6.07, 6.45) is 1.67. The SMILES string of the molecule is NC1(O)C(=O)C=CC(C(=O)O)=C1O. The predicted octanol–water partition coefficient (Wildman–Crippen LogP) is -1.33. The van der Waals surface area contributed by atoms with Crippen LogP contribution in [0.3, 0.4) is 0 Å². The minimum atomic E-state index is -2.62. The second-order valence-electron chi connectivity index (χ2n) is 2.53. The summed E-state index contributed by atoms with van der Waals surface area (Å²) in [5.41, 5.74) is 1.76. The van der Waals surface area contributed by atoms with E-state index in [-0.39, 0.29) is 0 Å². The maximum absolute atomic E-state index is 10.8. The molecule has 6 heteroatoms. The molecule has 0 amide bonds. The molecule has 1 atom stereocenters. The molecule has 6 nitrogen and oxygen atoms in total. The third kappa shape index (κ3) is 1.32. The van der Waals surface area contributed by atoms with Gasteiger partial charge in [-0.3, -0.25) is 10.5 Å². The maximum atomic E-state index is 10.8. The zero-order chi connectivity index (χ0) is 10.2. The zero-order valence-corrected chi connectivity index (χ0v) is 6.39. The molecular formula is C7H7NO5. The van der Waals surface area contributed by atoms with Gasteiger partial charge in [0.05, 0.1) is 0 Å². The van der Waals surface area contributed by atoms with Crippen LogP contribution in [-0.4, -0.2) is 32.8 Å². The van der Waals surface area contributed by atoms with Crippen molar-refractivity contribution < 1.29 is 24.9 Å². The van der Waals surface area contributed by atoms with Crippen LogP contribution in [0.1, 0.15) is 0 Å². The van der Waals surface area contributed by atoms with Crippen LogP contribution in [0.4, 0.5) is 0 Å². The minimum absolute atomic E-state index is 0.593. The molecule has 1 unspecified atom stereocenters. The molecule has 0 bridgehead atoms. The summed E-state index contributed by atoms with van der Waals surface area (Å²) in [7, 11) is 0. The van der Waals surface area contributed by atoms with E-state index in [1.165, 1.54) is 0 Å². The molecule has 13 heavy (non-hydrogen) atoms. The fourth-order valence-electron chi connectivity index (χ4n) is 0.860. The summed E-state index contributed by atoms with van der Waals surface area (Å²) in [4.78, 5) is 21.3. The first-order valence-corrected chi connectivity index (χ1v) is 3.28. The van der Waals surface area contributed by atoms with Gasteiger partial charge < -0.3 is 15.3 Å². The highest BCUT2D eigenvalue weighted by atomic mass is 16.4. The number of nitrogens with two attached hydrogens (primary N) is 1. The van der Waals surface area contributed by atoms with Gasteiger partial charge in [-0.25, -0.2) is 4.79 Å². The quantitative estimate of drug-likeness (QED) is 0.375. The number of carboxylic acid groups (broad SMARTS) is 1. The summed E-state index contributed by atoms with van der Waals surface area (Å²) in [5.74, 6) is -3.48. The summed E-state index contributed by atoms with van der Waals surface area (Å²) < 4.78 is 0. The number of ketones is 1. The van der Waals surface area contributed by atoms with Crippen molar-refractivity contribution >= 4 is 11.8 Å². The van der Waals surface area contributed by atoms with Gasteiger partial charge >= 0.3 is 5.97 Å². The zero-order valence-electron chi connectivity index (χ0n) is 6.39. The lowest BCUT2D eigenvalue weighted by molar-refractivity contribution is -0.134. The first-order chi connectivity index (χ1) is 5.87. The lowest BCUT2D eigenvalue weighted by Crippen LogP contribution is -2.51. The van der Waals surface area contributed by atoms with Crippen LogP contribution in [0.5, 0.6) is 0 Å². The standard InChI is InChI=1S/C7H7NO5/c8-7(13)4(9)2-1-3(5(7)10)6(11)12/h1-2,10,13H,8H2,(H,11,12). The van der Waals surface area contributed by atoms with Crippen molar-refractivity contribution in [2.24, 2.45) is 5.73 Å². The highest BCUT2D eigenvalue weighted by Gasteiger charge is 2.40. The summed E-state index contributed by atoms with van der Waals surface area (Å²) >= 11 is 0. The molecule has 0 saturated carbocycles. The van der Waals surface area contributed by atoms with Gasteiger partial charge in [0.1, 0.15) is 5.57 Å². The normalized spacial score (nSPS) is 28.0. The van der Waals surface area contributed by atoms with E-state index in [1.807, 2.05) is 0 Å². The van der Waals surface area contributed by atoms with Crippen LogP contribution in [-0.2, 0) is 9.59 Å². The van der Waals surface area contributed by atoms with Gasteiger partial charge in [-0.15, -0.1) is 0 Å². The van der Waals surface area contributed by atoms with E-state index < -0.39 is 28.8 Å². The average Bonchev–Trinajstić information content (AvgIpc) is 2.01. The number of rotatable bonds is 1. The monoisotopic (exact) mass is 185 g/mol. The second-order valence-corrected chi connectivity index (χ2v) is 2.53. The largest absolute Gasteiger partial charge is 0.507 e. The molecule has 0 heterocycles. The topological polar surface area (TPSA) is 121 Å². The van der Waals surface area contributed by atoms with Crippen molar-refractivity contribution in [2.75, 3.05) is 0 Å². The Balaban J connectivity index is 3.27. The number of aliphatic hydroxyl groups is 2. The summed E-state index contributed by atoms with van der Waals surface area (Å²) in [5, 5.41) is 26.7. The predicted molar refractivity (Wildman–Crippen MR) is 40.6 cm³/mol. The Morgan fingerprint density at radius 3 is 2.46 bits per heavy atom. The molecule has 5 N–H and O–H groups in total. The molecule has 1 aliphatic carbocycles. The van der Waals surface area contributed by atoms with Crippen LogP contribution in [0.15, 0.2) is 23.5 Å². The van der Waals surface area contributed by atoms with Crippen LogP contribution >= 0.6 is 0 Å². The summed E-state index contributed by atoms with van der Waals surface area (Å²) in [6, 6.07) is 0. The van der Waals surface area contributed by atoms with Gasteiger partial charge in [0.25, 0.3) is 0 Å². The van der Waals surface area contributed by atoms with Crippen molar-refractivity contribution in [3.8, 4) is 0 Å². The Morgan fingerprint density at radius 1 is 1.46 bits per heavy atom. The van der Waals surface area contributed by atoms with Crippen molar-refractivity contribution in [3.63, 3.8) is 0 Å². The van der Waals surface area contributed by atoms with Crippen LogP contribution in [0, 0.1) is 0 Å². The van der Waals surface area contributed by atoms with Crippen molar-refractivity contribution in [1.82, 2.24) is 0 Å². The number of aliphatic hydroxyl groups excluding tert-OH is 1. The Bertz CT molecular complexity index is 339. The molecule has 1 rings (SSSR count). The molecule has 0 saturated heterocycles. The molecule has 0 aromatic rings. The van der Waals surface area contributed by atoms with Crippen molar-refractivity contribution in [3.05, 3.63) is 23.5 Å². The van der Waals surface area contributed by atoms with Crippen molar-refractivity contribution in [1.29, 1.82) is 0 Å². The van der Waals surface area contributed by atoms with E-state index in [1.54, 1.807) is 0 Å². The first kappa shape index (κ1) is 9.43. The van der Waals surface area contributed by atoms with Gasteiger partial charge in [0, 0.05) is 0 Å². The molecule has 1 aliphatic rings. The van der Waals surface area contributed by atoms with Gasteiger partial charge in [0.2, 0.25) is 11.5 Å². The molecule has 0 aromatic heterocycles. The first-order valence-electron chi connectivity index (χ1n) is 3.28. The molecule has 0 spiro atoms. The number of aliphatic carboxylic acids is 1. The molecular weight excluding hydrogens is 178 g/mol. The Morgan fingerprint density at radius 2 is 2.00 bits per heavy atom. The number of carboxylic acids is 1.